The van der Waals surface area contributed by atoms with E-state index in [0.29, 0.717) is 19.0 Å². The molecule has 0 aliphatic heterocycles. The largest absolute Gasteiger partial charge is 0.444 e. The molecule has 0 bridgehead atoms. The lowest BCUT2D eigenvalue weighted by Crippen LogP contribution is -2.57. The molecule has 7 nitrogen and oxygen atoms in total. The maximum absolute atomic E-state index is 12.2. The second-order valence-electron chi connectivity index (χ2n) is 8.49. The van der Waals surface area contributed by atoms with E-state index in [2.05, 4.69) is 20.9 Å². The zero-order valence-corrected chi connectivity index (χ0v) is 20.7. The maximum Gasteiger partial charge on any atom is 0.408 e. The maximum atomic E-state index is 12.2. The van der Waals surface area contributed by atoms with Gasteiger partial charge in [0.25, 0.3) is 0 Å². The molecular weight excluding hydrogens is 459 g/mol. The monoisotopic (exact) mass is 500 g/mol. The van der Waals surface area contributed by atoms with E-state index in [1.54, 1.807) is 0 Å². The Kier molecular flexibility index (Phi) is 13.3. The van der Waals surface area contributed by atoms with Gasteiger partial charge in [0.05, 0.1) is 12.1 Å². The summed E-state index contributed by atoms with van der Waals surface area (Å²) in [5, 5.41) is 18.9. The molecule has 0 radical (unpaired) electrons. The fourth-order valence-corrected chi connectivity index (χ4v) is 2.18. The average Bonchev–Trinajstić information content (AvgIpc) is 2.54. The van der Waals surface area contributed by atoms with Crippen LogP contribution < -0.4 is 16.0 Å². The minimum atomic E-state index is -0.531. The highest BCUT2D eigenvalue weighted by Crippen LogP contribution is 2.17. The van der Waals surface area contributed by atoms with Gasteiger partial charge >= 0.3 is 6.09 Å². The number of amides is 1. The predicted molar refractivity (Wildman–Crippen MR) is 123 cm³/mol. The number of aliphatic hydroxyl groups excluding tert-OH is 1. The highest BCUT2D eigenvalue weighted by molar-refractivity contribution is 14.0. The van der Waals surface area contributed by atoms with Crippen LogP contribution in [0, 0.1) is 5.41 Å². The molecule has 0 spiro atoms. The lowest BCUT2D eigenvalue weighted by atomic mass is 9.93. The minimum Gasteiger partial charge on any atom is -0.444 e. The molecule has 8 heteroatoms. The van der Waals surface area contributed by atoms with Crippen LogP contribution in [0.1, 0.15) is 68.2 Å². The molecule has 0 aromatic carbocycles. The van der Waals surface area contributed by atoms with Crippen molar-refractivity contribution < 1.29 is 14.6 Å². The molecular formula is C19H41IN4O3. The van der Waals surface area contributed by atoms with Crippen molar-refractivity contribution in [1.29, 1.82) is 0 Å². The molecule has 162 valence electrons. The van der Waals surface area contributed by atoms with Gasteiger partial charge in [-0.1, -0.05) is 27.7 Å². The standard InChI is InChI=1S/C19H40N4O3.HI/c1-9-19(10-2,23-16(25)26-17(4,5)6)13-22-15(20-11-3)21-12-18(7,8)14-24;/h24H,9-14H2,1-8H3,(H,23,25)(H2,20,21,22);1H. The lowest BCUT2D eigenvalue weighted by molar-refractivity contribution is 0.0448. The van der Waals surface area contributed by atoms with Crippen LogP contribution in [-0.4, -0.2) is 54.5 Å². The van der Waals surface area contributed by atoms with E-state index >= 15 is 0 Å². The van der Waals surface area contributed by atoms with Gasteiger partial charge in [0.2, 0.25) is 0 Å². The summed E-state index contributed by atoms with van der Waals surface area (Å²) in [6.07, 6.45) is 1.11. The third-order valence-electron chi connectivity index (χ3n) is 4.15. The number of ether oxygens (including phenoxy) is 1. The smallest absolute Gasteiger partial charge is 0.408 e. The Morgan fingerprint density at radius 1 is 1.04 bits per heavy atom. The van der Waals surface area contributed by atoms with Crippen LogP contribution in [0.5, 0.6) is 0 Å². The number of carbonyl (C=O) groups excluding carboxylic acids is 1. The zero-order chi connectivity index (χ0) is 20.4. The molecule has 0 fully saturated rings. The summed E-state index contributed by atoms with van der Waals surface area (Å²) in [6, 6.07) is 0. The molecule has 0 unspecified atom stereocenters. The number of nitrogens with one attached hydrogen (secondary N) is 3. The Labute approximate surface area is 182 Å². The fraction of sp³-hybridized carbons (Fsp3) is 0.895. The van der Waals surface area contributed by atoms with Crippen LogP contribution in [0.15, 0.2) is 4.99 Å². The van der Waals surface area contributed by atoms with Crippen molar-refractivity contribution in [2.24, 2.45) is 10.4 Å². The fourth-order valence-electron chi connectivity index (χ4n) is 2.18. The van der Waals surface area contributed by atoms with Gasteiger partial charge in [0.1, 0.15) is 5.60 Å². The van der Waals surface area contributed by atoms with Crippen molar-refractivity contribution in [3.8, 4) is 0 Å². The second-order valence-corrected chi connectivity index (χ2v) is 8.49. The zero-order valence-electron chi connectivity index (χ0n) is 18.4. The number of aliphatic imine (C=N–C) groups is 1. The minimum absolute atomic E-state index is 0. The number of hydrogen-bond acceptors (Lipinski definition) is 4. The summed E-state index contributed by atoms with van der Waals surface area (Å²) in [5.41, 5.74) is -1.23. The molecule has 0 rings (SSSR count). The van der Waals surface area contributed by atoms with E-state index in [-0.39, 0.29) is 36.0 Å². The highest BCUT2D eigenvalue weighted by Gasteiger charge is 2.30. The van der Waals surface area contributed by atoms with Crippen LogP contribution in [0.4, 0.5) is 4.79 Å². The molecule has 0 saturated heterocycles. The molecule has 0 aliphatic carbocycles. The summed E-state index contributed by atoms with van der Waals surface area (Å²) in [4.78, 5) is 16.8. The van der Waals surface area contributed by atoms with Crippen LogP contribution in [0.2, 0.25) is 0 Å². The first-order chi connectivity index (χ1) is 11.9. The first kappa shape index (κ1) is 28.4. The van der Waals surface area contributed by atoms with Crippen LogP contribution in [-0.2, 0) is 4.74 Å². The Morgan fingerprint density at radius 3 is 2.00 bits per heavy atom. The number of rotatable bonds is 9. The van der Waals surface area contributed by atoms with E-state index in [4.69, 9.17) is 4.74 Å². The van der Waals surface area contributed by atoms with Crippen molar-refractivity contribution in [3.05, 3.63) is 0 Å². The average molecular weight is 500 g/mol. The predicted octanol–water partition coefficient (Wildman–Crippen LogP) is 3.26. The molecule has 0 saturated carbocycles. The molecule has 27 heavy (non-hydrogen) atoms. The summed E-state index contributed by atoms with van der Waals surface area (Å²) in [6.45, 7) is 17.4. The molecule has 0 aromatic heterocycles. The topological polar surface area (TPSA) is 95.0 Å². The normalized spacial score (nSPS) is 12.9. The van der Waals surface area contributed by atoms with Gasteiger partial charge in [-0.3, -0.25) is 4.99 Å². The van der Waals surface area contributed by atoms with Gasteiger partial charge in [0, 0.05) is 25.1 Å². The van der Waals surface area contributed by atoms with Crippen LogP contribution in [0.25, 0.3) is 0 Å². The first-order valence-electron chi connectivity index (χ1n) is 9.56. The van der Waals surface area contributed by atoms with E-state index in [9.17, 15) is 9.90 Å². The quantitative estimate of drug-likeness (QED) is 0.222. The van der Waals surface area contributed by atoms with Crippen LogP contribution >= 0.6 is 24.0 Å². The number of halogens is 1. The number of hydrogen-bond donors (Lipinski definition) is 4. The molecule has 4 N–H and O–H groups in total. The summed E-state index contributed by atoms with van der Waals surface area (Å²) >= 11 is 0. The van der Waals surface area contributed by atoms with E-state index in [0.717, 1.165) is 19.4 Å². The van der Waals surface area contributed by atoms with E-state index in [1.165, 1.54) is 0 Å². The van der Waals surface area contributed by atoms with Gasteiger partial charge in [-0.05, 0) is 40.5 Å². The molecule has 0 atom stereocenters. The number of guanidine groups is 1. The third-order valence-corrected chi connectivity index (χ3v) is 4.15. The van der Waals surface area contributed by atoms with Crippen molar-refractivity contribution in [1.82, 2.24) is 16.0 Å². The Bertz CT molecular complexity index is 458. The summed E-state index contributed by atoms with van der Waals surface area (Å²) < 4.78 is 5.41. The second kappa shape index (κ2) is 12.6. The van der Waals surface area contributed by atoms with E-state index < -0.39 is 17.2 Å². The van der Waals surface area contributed by atoms with Crippen molar-refractivity contribution in [3.63, 3.8) is 0 Å². The van der Waals surface area contributed by atoms with Crippen molar-refractivity contribution in [2.75, 3.05) is 26.2 Å². The van der Waals surface area contributed by atoms with Crippen molar-refractivity contribution in [2.45, 2.75) is 79.4 Å². The van der Waals surface area contributed by atoms with E-state index in [1.807, 2.05) is 55.4 Å². The van der Waals surface area contributed by atoms with Gasteiger partial charge in [-0.2, -0.15) is 0 Å². The van der Waals surface area contributed by atoms with Crippen LogP contribution in [0.3, 0.4) is 0 Å². The molecule has 0 aromatic rings. The van der Waals surface area contributed by atoms with Crippen molar-refractivity contribution >= 4 is 36.0 Å². The molecule has 1 amide bonds. The van der Waals surface area contributed by atoms with Gasteiger partial charge < -0.3 is 25.8 Å². The van der Waals surface area contributed by atoms with Gasteiger partial charge in [0.15, 0.2) is 5.96 Å². The van der Waals surface area contributed by atoms with Gasteiger partial charge in [-0.25, -0.2) is 4.79 Å². The number of aliphatic hydroxyl groups is 1. The number of nitrogens with zero attached hydrogens (tertiary/aromatic N) is 1. The third kappa shape index (κ3) is 12.3. The highest BCUT2D eigenvalue weighted by atomic mass is 127. The number of alkyl carbamates (subject to hydrolysis) is 1. The first-order valence-corrected chi connectivity index (χ1v) is 9.56. The molecule has 0 aliphatic rings. The Balaban J connectivity index is 0. The lowest BCUT2D eigenvalue weighted by Gasteiger charge is -2.34. The SMILES string of the molecule is CCNC(=NCC(C)(C)CO)NCC(CC)(CC)NC(=O)OC(C)(C)C.I. The van der Waals surface area contributed by atoms with Gasteiger partial charge in [-0.15, -0.1) is 24.0 Å². The Morgan fingerprint density at radius 2 is 1.59 bits per heavy atom. The molecule has 0 heterocycles. The number of carbonyl (C=O) groups is 1. The summed E-state index contributed by atoms with van der Waals surface area (Å²) in [7, 11) is 0. The Hall–Kier alpha value is -0.770. The summed E-state index contributed by atoms with van der Waals surface area (Å²) in [5.74, 6) is 0.672.